The van der Waals surface area contributed by atoms with Crippen molar-refractivity contribution < 1.29 is 8.78 Å². The molecule has 0 saturated heterocycles. The van der Waals surface area contributed by atoms with Crippen molar-refractivity contribution >= 4 is 80.0 Å². The average molecular weight is 1140 g/mol. The second kappa shape index (κ2) is 21.7. The molecule has 0 amide bonds. The minimum atomic E-state index is -0.255. The Morgan fingerprint density at radius 2 is 0.568 bits per heavy atom. The van der Waals surface area contributed by atoms with E-state index in [2.05, 4.69) is 292 Å². The molecule has 0 radical (unpaired) electrons. The summed E-state index contributed by atoms with van der Waals surface area (Å²) in [6.07, 6.45) is 8.84. The van der Waals surface area contributed by atoms with Crippen LogP contribution in [0.4, 0.5) is 42.9 Å². The molecule has 0 spiro atoms. The highest BCUT2D eigenvalue weighted by atomic mass is 19.1. The Kier molecular flexibility index (Phi) is 13.3. The van der Waals surface area contributed by atoms with Gasteiger partial charge in [-0.2, -0.15) is 0 Å². The number of halogens is 2. The lowest BCUT2D eigenvalue weighted by Crippen LogP contribution is -2.17. The topological polar surface area (TPSA) is 6.48 Å². The molecule has 15 rings (SSSR count). The second-order valence-electron chi connectivity index (χ2n) is 24.4. The van der Waals surface area contributed by atoms with Crippen LogP contribution in [0, 0.1) is 11.6 Å². The quantitative estimate of drug-likeness (QED) is 0.113. The van der Waals surface area contributed by atoms with Crippen LogP contribution in [0.25, 0.3) is 90.4 Å². The molecule has 88 heavy (non-hydrogen) atoms. The van der Waals surface area contributed by atoms with Gasteiger partial charge in [-0.3, -0.25) is 0 Å². The molecule has 2 aliphatic rings. The summed E-state index contributed by atoms with van der Waals surface area (Å²) in [4.78, 5) is 4.50. The maximum absolute atomic E-state index is 14.3. The number of nitrogens with zero attached hydrogens (tertiary/aromatic N) is 2. The fourth-order valence-corrected chi connectivity index (χ4v) is 13.6. The average Bonchev–Trinajstić information content (AvgIpc) is 1.64. The van der Waals surface area contributed by atoms with Crippen molar-refractivity contribution in [2.75, 3.05) is 9.80 Å². The second-order valence-corrected chi connectivity index (χ2v) is 24.4. The lowest BCUT2D eigenvalue weighted by Gasteiger charge is -2.29. The fraction of sp³-hybridized carbons (Fsp3) is 0.0714. The third kappa shape index (κ3) is 9.68. The molecule has 0 saturated carbocycles. The molecule has 4 heteroatoms. The molecule has 0 fully saturated rings. The molecule has 0 bridgehead atoms. The van der Waals surface area contributed by atoms with Crippen LogP contribution in [-0.4, -0.2) is 0 Å². The van der Waals surface area contributed by atoms with Crippen molar-refractivity contribution in [1.29, 1.82) is 0 Å². The number of anilines is 6. The summed E-state index contributed by atoms with van der Waals surface area (Å²) in [5.74, 6) is -0.510. The number of hydrogen-bond acceptors (Lipinski definition) is 2. The van der Waals surface area contributed by atoms with E-state index in [4.69, 9.17) is 0 Å². The van der Waals surface area contributed by atoms with Gasteiger partial charge in [-0.15, -0.1) is 0 Å². The summed E-state index contributed by atoms with van der Waals surface area (Å²) < 4.78 is 28.6. The normalized spacial score (nSPS) is 13.4. The molecule has 422 valence electrons. The monoisotopic (exact) mass is 1140 g/mol. The van der Waals surface area contributed by atoms with Gasteiger partial charge in [-0.25, -0.2) is 8.78 Å². The first-order valence-electron chi connectivity index (χ1n) is 30.2. The zero-order valence-corrected chi connectivity index (χ0v) is 49.5. The fourth-order valence-electron chi connectivity index (χ4n) is 13.6. The van der Waals surface area contributed by atoms with E-state index in [1.807, 2.05) is 24.3 Å². The molecule has 13 aromatic rings. The van der Waals surface area contributed by atoms with Crippen LogP contribution in [-0.2, 0) is 10.8 Å². The van der Waals surface area contributed by atoms with Gasteiger partial charge < -0.3 is 9.80 Å². The molecule has 0 unspecified atom stereocenters. The Hall–Kier alpha value is -10.7. The standard InChI is InChI=1S/C84H62F2N2/c1-83(2)77-51-57(27-47-73(77)75-49-45-69(53-79(75)83)87(67-41-37-65(85)38-42-67)81-17-9-13-63-11-5-7-15-71(63)81)21-19-55-23-29-59(30-24-55)61-33-35-62(36-34-61)60-31-25-56(26-32-60)20-22-58-28-48-74-76-50-46-70(54-80(76)84(3,4)78(74)52-58)88(68-43-39-66(86)40-44-68)82-18-10-14-64-12-6-8-16-72(64)82/h5-54H,1-4H3/b21-19+,22-20+. The smallest absolute Gasteiger partial charge is 0.123 e. The van der Waals surface area contributed by atoms with Crippen LogP contribution in [0.5, 0.6) is 0 Å². The van der Waals surface area contributed by atoms with Gasteiger partial charge in [0.05, 0.1) is 11.4 Å². The largest absolute Gasteiger partial charge is 0.310 e. The lowest BCUT2D eigenvalue weighted by atomic mass is 9.81. The highest BCUT2D eigenvalue weighted by Gasteiger charge is 2.38. The van der Waals surface area contributed by atoms with Crippen LogP contribution in [0.2, 0.25) is 0 Å². The lowest BCUT2D eigenvalue weighted by molar-refractivity contribution is 0.627. The maximum atomic E-state index is 14.3. The predicted molar refractivity (Wildman–Crippen MR) is 367 cm³/mol. The summed E-state index contributed by atoms with van der Waals surface area (Å²) in [6, 6.07) is 96.9. The summed E-state index contributed by atoms with van der Waals surface area (Å²) in [5, 5.41) is 4.58. The van der Waals surface area contributed by atoms with Gasteiger partial charge in [0.25, 0.3) is 0 Å². The summed E-state index contributed by atoms with van der Waals surface area (Å²) >= 11 is 0. The van der Waals surface area contributed by atoms with Gasteiger partial charge in [-0.1, -0.05) is 246 Å². The Labute approximate surface area is 513 Å². The molecular formula is C84H62F2N2. The van der Waals surface area contributed by atoms with Gasteiger partial charge >= 0.3 is 0 Å². The van der Waals surface area contributed by atoms with E-state index in [0.717, 1.165) is 77.9 Å². The number of hydrogen-bond donors (Lipinski definition) is 0. The molecule has 2 aliphatic carbocycles. The van der Waals surface area contributed by atoms with E-state index >= 15 is 0 Å². The Balaban J connectivity index is 0.609. The van der Waals surface area contributed by atoms with Gasteiger partial charge in [0.1, 0.15) is 11.6 Å². The van der Waals surface area contributed by atoms with E-state index in [0.29, 0.717) is 0 Å². The molecule has 0 aromatic heterocycles. The van der Waals surface area contributed by atoms with Crippen molar-refractivity contribution in [2.24, 2.45) is 0 Å². The number of benzene rings is 13. The van der Waals surface area contributed by atoms with Crippen molar-refractivity contribution in [1.82, 2.24) is 0 Å². The van der Waals surface area contributed by atoms with Gasteiger partial charge in [0.15, 0.2) is 0 Å². The zero-order chi connectivity index (χ0) is 59.7. The van der Waals surface area contributed by atoms with Crippen LogP contribution in [0.15, 0.2) is 279 Å². The molecule has 13 aromatic carbocycles. The Morgan fingerprint density at radius 3 is 0.955 bits per heavy atom. The number of rotatable bonds is 12. The highest BCUT2D eigenvalue weighted by Crippen LogP contribution is 2.53. The molecular weight excluding hydrogens is 1070 g/mol. The van der Waals surface area contributed by atoms with E-state index in [1.54, 1.807) is 0 Å². The first-order valence-corrected chi connectivity index (χ1v) is 30.2. The predicted octanol–water partition coefficient (Wildman–Crippen LogP) is 23.5. The summed E-state index contributed by atoms with van der Waals surface area (Å²) in [7, 11) is 0. The Bertz CT molecular complexity index is 4570. The third-order valence-corrected chi connectivity index (χ3v) is 18.4. The zero-order valence-electron chi connectivity index (χ0n) is 49.5. The molecule has 0 N–H and O–H groups in total. The maximum Gasteiger partial charge on any atom is 0.123 e. The molecule has 0 atom stereocenters. The van der Waals surface area contributed by atoms with Crippen molar-refractivity contribution in [2.45, 2.75) is 38.5 Å². The third-order valence-electron chi connectivity index (χ3n) is 18.4. The van der Waals surface area contributed by atoms with Gasteiger partial charge in [-0.05, 0) is 185 Å². The molecule has 2 nitrogen and oxygen atoms in total. The molecule has 0 aliphatic heterocycles. The summed E-state index contributed by atoms with van der Waals surface area (Å²) in [5.41, 5.74) is 24.9. The SMILES string of the molecule is CC1(C)c2cc(/C=C/c3ccc(-c4ccc(-c5ccc(/C=C/c6ccc7c(c6)C(C)(C)c6cc(N(c8ccc(F)cc8)c8cccc9ccccc89)ccc6-7)cc5)cc4)cc3)ccc2-c2ccc(N(c3ccc(F)cc3)c3cccc4ccccc34)cc21. The van der Waals surface area contributed by atoms with E-state index in [-0.39, 0.29) is 22.5 Å². The van der Waals surface area contributed by atoms with Crippen LogP contribution in [0.1, 0.15) is 72.2 Å². The van der Waals surface area contributed by atoms with Gasteiger partial charge in [0.2, 0.25) is 0 Å². The number of fused-ring (bicyclic) bond motifs is 8. The molecule has 0 heterocycles. The highest BCUT2D eigenvalue weighted by molar-refractivity contribution is 6.01. The van der Waals surface area contributed by atoms with Crippen LogP contribution in [0.3, 0.4) is 0 Å². The van der Waals surface area contributed by atoms with Crippen LogP contribution >= 0.6 is 0 Å². The van der Waals surface area contributed by atoms with E-state index in [1.165, 1.54) is 91.0 Å². The minimum absolute atomic E-state index is 0.248. The van der Waals surface area contributed by atoms with Crippen molar-refractivity contribution in [3.8, 4) is 44.5 Å². The van der Waals surface area contributed by atoms with E-state index in [9.17, 15) is 8.78 Å². The first-order chi connectivity index (χ1) is 42.9. The van der Waals surface area contributed by atoms with Crippen molar-refractivity contribution in [3.63, 3.8) is 0 Å². The van der Waals surface area contributed by atoms with Gasteiger partial charge in [0, 0.05) is 44.4 Å². The minimum Gasteiger partial charge on any atom is -0.310 e. The first kappa shape index (κ1) is 54.0. The Morgan fingerprint density at radius 1 is 0.273 bits per heavy atom. The van der Waals surface area contributed by atoms with Crippen LogP contribution < -0.4 is 9.80 Å². The summed E-state index contributed by atoms with van der Waals surface area (Å²) in [6.45, 7) is 9.29. The van der Waals surface area contributed by atoms with E-state index < -0.39 is 0 Å². The van der Waals surface area contributed by atoms with Crippen molar-refractivity contribution in [3.05, 3.63) is 335 Å².